The number of ether oxygens (including phenoxy) is 2. The lowest BCUT2D eigenvalue weighted by molar-refractivity contribution is -0.116. The predicted octanol–water partition coefficient (Wildman–Crippen LogP) is 2.35. The highest BCUT2D eigenvalue weighted by Gasteiger charge is 2.27. The van der Waals surface area contributed by atoms with Crippen molar-refractivity contribution >= 4 is 34.2 Å². The summed E-state index contributed by atoms with van der Waals surface area (Å²) in [6.45, 7) is 4.60. The Kier molecular flexibility index (Phi) is 7.05. The van der Waals surface area contributed by atoms with Gasteiger partial charge in [-0.25, -0.2) is 14.0 Å². The van der Waals surface area contributed by atoms with E-state index in [1.807, 2.05) is 0 Å². The van der Waals surface area contributed by atoms with Crippen molar-refractivity contribution in [3.63, 3.8) is 0 Å². The topological polar surface area (TPSA) is 104 Å². The van der Waals surface area contributed by atoms with Crippen molar-refractivity contribution < 1.29 is 28.2 Å². The van der Waals surface area contributed by atoms with Crippen LogP contribution in [0.5, 0.6) is 0 Å². The van der Waals surface area contributed by atoms with Crippen molar-refractivity contribution in [2.75, 3.05) is 18.5 Å². The number of anilines is 1. The molecule has 0 bridgehead atoms. The Morgan fingerprint density at radius 3 is 2.43 bits per heavy atom. The molecule has 0 aliphatic rings. The van der Waals surface area contributed by atoms with Crippen molar-refractivity contribution in [2.24, 2.45) is 0 Å². The van der Waals surface area contributed by atoms with Crippen molar-refractivity contribution in [2.45, 2.75) is 27.3 Å². The second kappa shape index (κ2) is 9.27. The molecule has 0 radical (unpaired) electrons. The Bertz CT molecular complexity index is 965. The average Bonchev–Trinajstić information content (AvgIpc) is 2.94. The van der Waals surface area contributed by atoms with Crippen LogP contribution in [-0.4, -0.2) is 35.6 Å². The molecular weight excluding hydrogens is 391 g/mol. The van der Waals surface area contributed by atoms with E-state index in [0.29, 0.717) is 5.56 Å². The molecule has 8 nitrogen and oxygen atoms in total. The van der Waals surface area contributed by atoms with E-state index in [2.05, 4.69) is 5.32 Å². The van der Waals surface area contributed by atoms with Gasteiger partial charge >= 0.3 is 11.9 Å². The number of esters is 2. The maximum atomic E-state index is 13.3. The number of halogens is 1. The summed E-state index contributed by atoms with van der Waals surface area (Å²) < 4.78 is 24.1. The summed E-state index contributed by atoms with van der Waals surface area (Å²) in [5.74, 6) is -2.67. The summed E-state index contributed by atoms with van der Waals surface area (Å²) in [7, 11) is 0. The van der Waals surface area contributed by atoms with E-state index in [1.54, 1.807) is 20.8 Å². The number of amides is 1. The van der Waals surface area contributed by atoms with Crippen molar-refractivity contribution in [3.05, 3.63) is 50.5 Å². The first-order valence-corrected chi connectivity index (χ1v) is 9.23. The molecule has 0 saturated carbocycles. The van der Waals surface area contributed by atoms with E-state index in [1.165, 1.54) is 0 Å². The van der Waals surface area contributed by atoms with Gasteiger partial charge in [-0.15, -0.1) is 11.3 Å². The molecule has 0 unspecified atom stereocenters. The highest BCUT2D eigenvalue weighted by Crippen LogP contribution is 2.34. The fourth-order valence-electron chi connectivity index (χ4n) is 2.39. The van der Waals surface area contributed by atoms with Crippen LogP contribution in [0.15, 0.2) is 23.1 Å². The van der Waals surface area contributed by atoms with Gasteiger partial charge in [0.25, 0.3) is 5.56 Å². The molecule has 0 aliphatic carbocycles. The molecule has 10 heteroatoms. The molecule has 0 aliphatic heterocycles. The second-order valence-electron chi connectivity index (χ2n) is 5.56. The first kappa shape index (κ1) is 21.3. The minimum absolute atomic E-state index is 0.0369. The van der Waals surface area contributed by atoms with Gasteiger partial charge in [0, 0.05) is 12.3 Å². The number of hydrogen-bond acceptors (Lipinski definition) is 7. The van der Waals surface area contributed by atoms with Crippen molar-refractivity contribution in [1.82, 2.24) is 4.57 Å². The normalized spacial score (nSPS) is 10.4. The smallest absolute Gasteiger partial charge is 0.348 e. The van der Waals surface area contributed by atoms with Crippen LogP contribution in [0.3, 0.4) is 0 Å². The number of thiophene rings is 1. The largest absolute Gasteiger partial charge is 0.462 e. The maximum absolute atomic E-state index is 13.3. The zero-order chi connectivity index (χ0) is 20.8. The standard InChI is InChI=1S/C18H19FN2O6S/c1-4-26-17(24)14-10(3)15(18(25)27-5-2)28-16(14)20-12(22)9-21-8-11(19)6-7-13(21)23/h6-8H,4-5,9H2,1-3H3,(H,20,22). The van der Waals surface area contributed by atoms with Gasteiger partial charge in [0.1, 0.15) is 22.2 Å². The van der Waals surface area contributed by atoms with Crippen LogP contribution in [0.2, 0.25) is 0 Å². The van der Waals surface area contributed by atoms with Gasteiger partial charge in [-0.05, 0) is 32.4 Å². The number of carbonyl (C=O) groups is 3. The van der Waals surface area contributed by atoms with Gasteiger partial charge in [0.05, 0.1) is 18.8 Å². The highest BCUT2D eigenvalue weighted by atomic mass is 32.1. The van der Waals surface area contributed by atoms with E-state index < -0.39 is 35.8 Å². The molecule has 150 valence electrons. The predicted molar refractivity (Wildman–Crippen MR) is 100 cm³/mol. The van der Waals surface area contributed by atoms with Crippen molar-refractivity contribution in [3.8, 4) is 0 Å². The summed E-state index contributed by atoms with van der Waals surface area (Å²) in [6.07, 6.45) is 0.901. The Labute approximate surface area is 163 Å². The number of carbonyl (C=O) groups excluding carboxylic acids is 3. The van der Waals surface area contributed by atoms with Crippen LogP contribution >= 0.6 is 11.3 Å². The molecule has 0 atom stereocenters. The minimum atomic E-state index is -0.704. The fraction of sp³-hybridized carbons (Fsp3) is 0.333. The first-order valence-electron chi connectivity index (χ1n) is 8.41. The lowest BCUT2D eigenvalue weighted by Crippen LogP contribution is -2.27. The fourth-order valence-corrected chi connectivity index (χ4v) is 3.49. The van der Waals surface area contributed by atoms with Gasteiger partial charge in [-0.2, -0.15) is 0 Å². The Morgan fingerprint density at radius 1 is 1.14 bits per heavy atom. The molecule has 0 fully saturated rings. The zero-order valence-corrected chi connectivity index (χ0v) is 16.4. The number of aromatic nitrogens is 1. The molecule has 28 heavy (non-hydrogen) atoms. The van der Waals surface area contributed by atoms with Crippen LogP contribution in [0.4, 0.5) is 9.39 Å². The van der Waals surface area contributed by atoms with Gasteiger partial charge < -0.3 is 19.4 Å². The summed E-state index contributed by atoms with van der Waals surface area (Å²) in [4.78, 5) is 48.6. The zero-order valence-electron chi connectivity index (χ0n) is 15.5. The van der Waals surface area contributed by atoms with Gasteiger partial charge in [0.2, 0.25) is 5.91 Å². The number of rotatable bonds is 7. The lowest BCUT2D eigenvalue weighted by atomic mass is 10.1. The third kappa shape index (κ3) is 4.83. The summed E-state index contributed by atoms with van der Waals surface area (Å²) in [6, 6.07) is 1.99. The van der Waals surface area contributed by atoms with Crippen LogP contribution < -0.4 is 10.9 Å². The molecule has 2 aromatic heterocycles. The van der Waals surface area contributed by atoms with Crippen molar-refractivity contribution in [1.29, 1.82) is 0 Å². The first-order chi connectivity index (χ1) is 13.3. The Balaban J connectivity index is 2.34. The summed E-state index contributed by atoms with van der Waals surface area (Å²) in [5, 5.41) is 2.58. The molecule has 2 aromatic rings. The molecule has 1 amide bonds. The number of hydrogen-bond donors (Lipinski definition) is 1. The molecule has 2 rings (SSSR count). The van der Waals surface area contributed by atoms with E-state index in [-0.39, 0.29) is 28.7 Å². The third-order valence-corrected chi connectivity index (χ3v) is 4.79. The molecule has 2 heterocycles. The van der Waals surface area contributed by atoms with Gasteiger partial charge in [-0.1, -0.05) is 0 Å². The maximum Gasteiger partial charge on any atom is 0.348 e. The molecule has 0 saturated heterocycles. The Hall–Kier alpha value is -3.01. The summed E-state index contributed by atoms with van der Waals surface area (Å²) >= 11 is 0.866. The van der Waals surface area contributed by atoms with Gasteiger partial charge in [-0.3, -0.25) is 9.59 Å². The van der Waals surface area contributed by atoms with Crippen LogP contribution in [0, 0.1) is 12.7 Å². The number of pyridine rings is 1. The van der Waals surface area contributed by atoms with E-state index in [0.717, 1.165) is 34.2 Å². The SMILES string of the molecule is CCOC(=O)c1sc(NC(=O)Cn2cc(F)ccc2=O)c(C(=O)OCC)c1C. The minimum Gasteiger partial charge on any atom is -0.462 e. The van der Waals surface area contributed by atoms with Crippen LogP contribution in [-0.2, 0) is 20.8 Å². The number of nitrogens with one attached hydrogen (secondary N) is 1. The molecule has 0 spiro atoms. The van der Waals surface area contributed by atoms with Crippen LogP contribution in [0.25, 0.3) is 0 Å². The second-order valence-corrected chi connectivity index (χ2v) is 6.58. The monoisotopic (exact) mass is 410 g/mol. The Morgan fingerprint density at radius 2 is 1.79 bits per heavy atom. The van der Waals surface area contributed by atoms with E-state index >= 15 is 0 Å². The van der Waals surface area contributed by atoms with E-state index in [9.17, 15) is 23.6 Å². The quantitative estimate of drug-likeness (QED) is 0.703. The molecule has 1 N–H and O–H groups in total. The summed E-state index contributed by atoms with van der Waals surface area (Å²) in [5.41, 5.74) is -0.202. The number of nitrogens with zero attached hydrogens (tertiary/aromatic N) is 1. The van der Waals surface area contributed by atoms with E-state index in [4.69, 9.17) is 9.47 Å². The lowest BCUT2D eigenvalue weighted by Gasteiger charge is -2.08. The average molecular weight is 410 g/mol. The van der Waals surface area contributed by atoms with Crippen LogP contribution in [0.1, 0.15) is 39.4 Å². The molecule has 0 aromatic carbocycles. The highest BCUT2D eigenvalue weighted by molar-refractivity contribution is 7.18. The van der Waals surface area contributed by atoms with Gasteiger partial charge in [0.15, 0.2) is 0 Å². The molecular formula is C18H19FN2O6S. The third-order valence-electron chi connectivity index (χ3n) is 3.60.